The van der Waals surface area contributed by atoms with E-state index in [0.29, 0.717) is 65.7 Å². The molecular formula is C28H26ClN5O5S. The van der Waals surface area contributed by atoms with Crippen LogP contribution in [0.3, 0.4) is 0 Å². The number of fused-ring (bicyclic) bond motifs is 1. The van der Waals surface area contributed by atoms with E-state index in [2.05, 4.69) is 29.5 Å². The van der Waals surface area contributed by atoms with Gasteiger partial charge in [0.25, 0.3) is 11.6 Å². The highest BCUT2D eigenvalue weighted by Crippen LogP contribution is 2.33. The average molecular weight is 580 g/mol. The van der Waals surface area contributed by atoms with Gasteiger partial charge in [-0.25, -0.2) is 4.98 Å². The number of nitrogens with one attached hydrogen (secondary N) is 2. The number of nitrogens with zero attached hydrogens (tertiary/aromatic N) is 3. The predicted octanol–water partition coefficient (Wildman–Crippen LogP) is 6.14. The number of nitro benzene ring substituents is 1. The SMILES string of the molecule is CC(C)c1ccc2oc(-c3cc(NC(=S)NC(=O)c4ccc(N5CCOCC5)c([N+](=O)[O-])c4)ccc3Cl)nc2c1. The van der Waals surface area contributed by atoms with Crippen molar-refractivity contribution in [2.45, 2.75) is 19.8 Å². The smallest absolute Gasteiger partial charge is 0.293 e. The highest BCUT2D eigenvalue weighted by atomic mass is 35.5. The largest absolute Gasteiger partial charge is 0.436 e. The van der Waals surface area contributed by atoms with Gasteiger partial charge in [0, 0.05) is 30.4 Å². The van der Waals surface area contributed by atoms with Gasteiger partial charge in [-0.05, 0) is 66.2 Å². The van der Waals surface area contributed by atoms with Crippen molar-refractivity contribution in [3.63, 3.8) is 0 Å². The summed E-state index contributed by atoms with van der Waals surface area (Å²) in [7, 11) is 0. The lowest BCUT2D eigenvalue weighted by molar-refractivity contribution is -0.384. The fourth-order valence-electron chi connectivity index (χ4n) is 4.41. The van der Waals surface area contributed by atoms with Gasteiger partial charge in [-0.1, -0.05) is 31.5 Å². The molecule has 1 amide bonds. The molecule has 2 heterocycles. The Morgan fingerprint density at radius 1 is 1.12 bits per heavy atom. The van der Waals surface area contributed by atoms with E-state index in [4.69, 9.17) is 33.0 Å². The summed E-state index contributed by atoms with van der Waals surface area (Å²) in [6, 6.07) is 15.3. The average Bonchev–Trinajstić information content (AvgIpc) is 3.37. The Morgan fingerprint density at radius 2 is 1.90 bits per heavy atom. The number of hydrogen-bond acceptors (Lipinski definition) is 8. The first-order valence-electron chi connectivity index (χ1n) is 12.6. The number of oxazole rings is 1. The Morgan fingerprint density at radius 3 is 2.62 bits per heavy atom. The van der Waals surface area contributed by atoms with Crippen LogP contribution < -0.4 is 15.5 Å². The molecule has 40 heavy (non-hydrogen) atoms. The molecule has 1 saturated heterocycles. The lowest BCUT2D eigenvalue weighted by atomic mass is 10.0. The van der Waals surface area contributed by atoms with Crippen molar-refractivity contribution in [1.29, 1.82) is 0 Å². The number of thiocarbonyl (C=S) groups is 1. The number of halogens is 1. The maximum absolute atomic E-state index is 12.9. The van der Waals surface area contributed by atoms with Crippen molar-refractivity contribution in [3.05, 3.63) is 80.9 Å². The molecule has 206 valence electrons. The van der Waals surface area contributed by atoms with Crippen LogP contribution in [-0.2, 0) is 4.74 Å². The lowest BCUT2D eigenvalue weighted by Gasteiger charge is -2.28. The summed E-state index contributed by atoms with van der Waals surface area (Å²) in [5.41, 5.74) is 4.01. The molecule has 2 N–H and O–H groups in total. The number of ether oxygens (including phenoxy) is 1. The molecular weight excluding hydrogens is 554 g/mol. The van der Waals surface area contributed by atoms with Crippen LogP contribution in [-0.4, -0.2) is 47.2 Å². The third-order valence-corrected chi connectivity index (χ3v) is 7.08. The zero-order valence-electron chi connectivity index (χ0n) is 21.8. The molecule has 1 aromatic heterocycles. The van der Waals surface area contributed by atoms with E-state index in [0.717, 1.165) is 11.1 Å². The third kappa shape index (κ3) is 5.91. The molecule has 12 heteroatoms. The zero-order chi connectivity index (χ0) is 28.4. The summed E-state index contributed by atoms with van der Waals surface area (Å²) >= 11 is 11.8. The Hall–Kier alpha value is -4.06. The molecule has 0 radical (unpaired) electrons. The Kier molecular flexibility index (Phi) is 7.97. The Bertz CT molecular complexity index is 1620. The number of carbonyl (C=O) groups excluding carboxylic acids is 1. The molecule has 4 aromatic rings. The number of amides is 1. The van der Waals surface area contributed by atoms with Crippen molar-refractivity contribution in [1.82, 2.24) is 10.3 Å². The summed E-state index contributed by atoms with van der Waals surface area (Å²) in [5.74, 6) is 0.126. The van der Waals surface area contributed by atoms with E-state index >= 15 is 0 Å². The second-order valence-corrected chi connectivity index (χ2v) is 10.4. The number of carbonyl (C=O) groups is 1. The van der Waals surface area contributed by atoms with Crippen molar-refractivity contribution >= 4 is 63.0 Å². The first kappa shape index (κ1) is 27.5. The molecule has 1 aliphatic heterocycles. The normalized spacial score (nSPS) is 13.4. The van der Waals surface area contributed by atoms with Crippen molar-refractivity contribution in [2.75, 3.05) is 36.5 Å². The van der Waals surface area contributed by atoms with E-state index in [1.54, 1.807) is 24.3 Å². The number of morpholine rings is 1. The number of aromatic nitrogens is 1. The highest BCUT2D eigenvalue weighted by molar-refractivity contribution is 7.80. The molecule has 3 aromatic carbocycles. The van der Waals surface area contributed by atoms with E-state index < -0.39 is 10.8 Å². The molecule has 0 unspecified atom stereocenters. The molecule has 1 aliphatic rings. The fourth-order valence-corrected chi connectivity index (χ4v) is 4.81. The zero-order valence-corrected chi connectivity index (χ0v) is 23.3. The van der Waals surface area contributed by atoms with Crippen LogP contribution in [0.5, 0.6) is 0 Å². The number of rotatable bonds is 6. The molecule has 0 spiro atoms. The minimum absolute atomic E-state index is 0.0114. The van der Waals surface area contributed by atoms with Crippen molar-refractivity contribution < 1.29 is 18.9 Å². The predicted molar refractivity (Wildman–Crippen MR) is 158 cm³/mol. The maximum Gasteiger partial charge on any atom is 0.293 e. The summed E-state index contributed by atoms with van der Waals surface area (Å²) in [4.78, 5) is 30.6. The first-order chi connectivity index (χ1) is 19.2. The van der Waals surface area contributed by atoms with Crippen molar-refractivity contribution in [3.8, 4) is 11.5 Å². The molecule has 1 fully saturated rings. The van der Waals surface area contributed by atoms with Gasteiger partial charge in [0.1, 0.15) is 11.2 Å². The Labute approximate surface area is 240 Å². The minimum atomic E-state index is -0.580. The van der Waals surface area contributed by atoms with Gasteiger partial charge in [-0.3, -0.25) is 20.2 Å². The van der Waals surface area contributed by atoms with E-state index in [9.17, 15) is 14.9 Å². The van der Waals surface area contributed by atoms with Gasteiger partial charge >= 0.3 is 0 Å². The number of anilines is 2. The molecule has 5 rings (SSSR count). The summed E-state index contributed by atoms with van der Waals surface area (Å²) in [5, 5.41) is 17.7. The van der Waals surface area contributed by atoms with Gasteiger partial charge < -0.3 is 19.4 Å². The first-order valence-corrected chi connectivity index (χ1v) is 13.4. The minimum Gasteiger partial charge on any atom is -0.436 e. The number of nitro groups is 1. The maximum atomic E-state index is 12.9. The van der Waals surface area contributed by atoms with Gasteiger partial charge in [0.15, 0.2) is 10.7 Å². The van der Waals surface area contributed by atoms with E-state index in [1.165, 1.54) is 12.1 Å². The molecule has 0 aliphatic carbocycles. The summed E-state index contributed by atoms with van der Waals surface area (Å²) in [6.07, 6.45) is 0. The van der Waals surface area contributed by atoms with Crippen LogP contribution in [0.15, 0.2) is 59.0 Å². The van der Waals surface area contributed by atoms with E-state index in [1.807, 2.05) is 23.1 Å². The number of benzene rings is 3. The van der Waals surface area contributed by atoms with Gasteiger partial charge in [0.2, 0.25) is 5.89 Å². The third-order valence-electron chi connectivity index (χ3n) is 6.55. The molecule has 0 saturated carbocycles. The van der Waals surface area contributed by atoms with Crippen LogP contribution in [0.25, 0.3) is 22.6 Å². The van der Waals surface area contributed by atoms with Crippen LogP contribution >= 0.6 is 23.8 Å². The summed E-state index contributed by atoms with van der Waals surface area (Å²) in [6.45, 7) is 6.25. The second kappa shape index (κ2) is 11.6. The standard InChI is InChI=1S/C28H26ClN5O5S/c1-16(2)17-4-8-25-22(13-17)31-27(39-25)20-15-19(5-6-21(20)29)30-28(40)32-26(35)18-3-7-23(24(14-18)34(36)37)33-9-11-38-12-10-33/h3-8,13-16H,9-12H2,1-2H3,(H2,30,32,35,40). The molecule has 10 nitrogen and oxygen atoms in total. The van der Waals surface area contributed by atoms with Crippen molar-refractivity contribution in [2.24, 2.45) is 0 Å². The summed E-state index contributed by atoms with van der Waals surface area (Å²) < 4.78 is 11.3. The quantitative estimate of drug-likeness (QED) is 0.157. The lowest BCUT2D eigenvalue weighted by Crippen LogP contribution is -2.37. The fraction of sp³-hybridized carbons (Fsp3) is 0.250. The topological polar surface area (TPSA) is 123 Å². The van der Waals surface area contributed by atoms with Crippen LogP contribution in [0, 0.1) is 10.1 Å². The van der Waals surface area contributed by atoms with E-state index in [-0.39, 0.29) is 16.4 Å². The van der Waals surface area contributed by atoms with Gasteiger partial charge in [0.05, 0.1) is 28.7 Å². The van der Waals surface area contributed by atoms with Crippen LogP contribution in [0.2, 0.25) is 5.02 Å². The molecule has 0 atom stereocenters. The highest BCUT2D eigenvalue weighted by Gasteiger charge is 2.24. The van der Waals surface area contributed by atoms with Gasteiger partial charge in [-0.15, -0.1) is 0 Å². The number of hydrogen-bond donors (Lipinski definition) is 2. The van der Waals surface area contributed by atoms with Crippen LogP contribution in [0.1, 0.15) is 35.7 Å². The molecule has 0 bridgehead atoms. The van der Waals surface area contributed by atoms with Crippen LogP contribution in [0.4, 0.5) is 17.1 Å². The second-order valence-electron chi connectivity index (χ2n) is 9.56. The monoisotopic (exact) mass is 579 g/mol. The Balaban J connectivity index is 1.31. The van der Waals surface area contributed by atoms with Gasteiger partial charge in [-0.2, -0.15) is 0 Å².